The molecule has 0 saturated heterocycles. The molecular weight excluding hydrogens is 316 g/mol. The molecule has 4 aromatic rings. The van der Waals surface area contributed by atoms with Crippen LogP contribution >= 0.6 is 0 Å². The summed E-state index contributed by atoms with van der Waals surface area (Å²) < 4.78 is 0. The highest BCUT2D eigenvalue weighted by molar-refractivity contribution is 5.94. The second-order valence-electron chi connectivity index (χ2n) is 7.61. The van der Waals surface area contributed by atoms with Crippen LogP contribution in [0.1, 0.15) is 26.3 Å². The van der Waals surface area contributed by atoms with E-state index in [4.69, 9.17) is 9.97 Å². The molecule has 128 valence electrons. The zero-order chi connectivity index (χ0) is 18.1. The zero-order valence-corrected chi connectivity index (χ0v) is 15.4. The number of rotatable bonds is 2. The fraction of sp³-hybridized carbons (Fsp3) is 0.167. The molecule has 0 spiro atoms. The minimum atomic E-state index is 0.0836. The summed E-state index contributed by atoms with van der Waals surface area (Å²) in [6.45, 7) is 6.70. The summed E-state index contributed by atoms with van der Waals surface area (Å²) in [5, 5.41) is 1.10. The van der Waals surface area contributed by atoms with E-state index in [0.717, 1.165) is 33.5 Å². The van der Waals surface area contributed by atoms with Crippen LogP contribution in [0.2, 0.25) is 0 Å². The van der Waals surface area contributed by atoms with Crippen molar-refractivity contribution < 1.29 is 0 Å². The van der Waals surface area contributed by atoms with Gasteiger partial charge in [0.15, 0.2) is 5.82 Å². The van der Waals surface area contributed by atoms with Crippen molar-refractivity contribution in [3.8, 4) is 22.6 Å². The van der Waals surface area contributed by atoms with Crippen LogP contribution in [0.5, 0.6) is 0 Å². The molecule has 0 N–H and O–H groups in total. The maximum Gasteiger partial charge on any atom is 0.160 e. The minimum Gasteiger partial charge on any atom is -0.228 e. The van der Waals surface area contributed by atoms with Crippen molar-refractivity contribution in [2.75, 3.05) is 0 Å². The quantitative estimate of drug-likeness (QED) is 0.431. The molecule has 0 unspecified atom stereocenters. The van der Waals surface area contributed by atoms with Crippen molar-refractivity contribution in [3.05, 3.63) is 84.4 Å². The summed E-state index contributed by atoms with van der Waals surface area (Å²) in [5.41, 5.74) is 5.49. The van der Waals surface area contributed by atoms with Gasteiger partial charge in [0.05, 0.1) is 11.2 Å². The Bertz CT molecular complexity index is 1050. The van der Waals surface area contributed by atoms with Gasteiger partial charge in [-0.3, -0.25) is 0 Å². The molecule has 0 aliphatic heterocycles. The van der Waals surface area contributed by atoms with Crippen LogP contribution in [-0.2, 0) is 5.41 Å². The number of fused-ring (bicyclic) bond motifs is 1. The van der Waals surface area contributed by atoms with E-state index >= 15 is 0 Å². The number of nitrogens with zero attached hydrogens (tertiary/aromatic N) is 2. The monoisotopic (exact) mass is 338 g/mol. The Hall–Kier alpha value is -3.00. The zero-order valence-electron chi connectivity index (χ0n) is 15.4. The summed E-state index contributed by atoms with van der Waals surface area (Å²) in [6, 6.07) is 27.1. The highest BCUT2D eigenvalue weighted by Crippen LogP contribution is 2.32. The Morgan fingerprint density at radius 3 is 1.88 bits per heavy atom. The Morgan fingerprint density at radius 2 is 1.27 bits per heavy atom. The standard InChI is InChI=1S/C24H22N2/c1-24(2,3)19-14-15-21-20(16-19)22(17-10-6-4-7-11-17)26-23(25-21)18-12-8-5-9-13-18/h4-16H,1-3H3. The van der Waals surface area contributed by atoms with Gasteiger partial charge in [-0.2, -0.15) is 0 Å². The molecular formula is C24H22N2. The second kappa shape index (κ2) is 6.38. The first-order valence-corrected chi connectivity index (χ1v) is 8.95. The third-order valence-electron chi connectivity index (χ3n) is 4.64. The van der Waals surface area contributed by atoms with Crippen molar-refractivity contribution >= 4 is 10.9 Å². The maximum absolute atomic E-state index is 4.95. The molecule has 0 aliphatic carbocycles. The van der Waals surface area contributed by atoms with Gasteiger partial charge < -0.3 is 0 Å². The van der Waals surface area contributed by atoms with Gasteiger partial charge in [0.2, 0.25) is 0 Å². The topological polar surface area (TPSA) is 25.8 Å². The van der Waals surface area contributed by atoms with Gasteiger partial charge in [0.1, 0.15) is 0 Å². The summed E-state index contributed by atoms with van der Waals surface area (Å²) in [6.07, 6.45) is 0. The van der Waals surface area contributed by atoms with Gasteiger partial charge in [-0.15, -0.1) is 0 Å². The van der Waals surface area contributed by atoms with E-state index in [0.29, 0.717) is 0 Å². The lowest BCUT2D eigenvalue weighted by Gasteiger charge is -2.20. The second-order valence-corrected chi connectivity index (χ2v) is 7.61. The van der Waals surface area contributed by atoms with Crippen LogP contribution in [0.3, 0.4) is 0 Å². The van der Waals surface area contributed by atoms with Crippen molar-refractivity contribution in [3.63, 3.8) is 0 Å². The molecule has 0 fully saturated rings. The van der Waals surface area contributed by atoms with Crippen LogP contribution < -0.4 is 0 Å². The molecule has 3 aromatic carbocycles. The van der Waals surface area contributed by atoms with Gasteiger partial charge in [0.25, 0.3) is 0 Å². The summed E-state index contributed by atoms with van der Waals surface area (Å²) >= 11 is 0. The molecule has 0 aliphatic rings. The van der Waals surface area contributed by atoms with E-state index in [-0.39, 0.29) is 5.41 Å². The lowest BCUT2D eigenvalue weighted by atomic mass is 9.86. The first-order valence-electron chi connectivity index (χ1n) is 8.95. The van der Waals surface area contributed by atoms with Crippen molar-refractivity contribution in [1.29, 1.82) is 0 Å². The van der Waals surface area contributed by atoms with E-state index in [9.17, 15) is 0 Å². The van der Waals surface area contributed by atoms with Gasteiger partial charge in [-0.25, -0.2) is 9.97 Å². The van der Waals surface area contributed by atoms with Gasteiger partial charge in [-0.05, 0) is 23.1 Å². The molecule has 0 amide bonds. The average molecular weight is 338 g/mol. The van der Waals surface area contributed by atoms with Crippen LogP contribution in [0.4, 0.5) is 0 Å². The molecule has 1 aromatic heterocycles. The highest BCUT2D eigenvalue weighted by Gasteiger charge is 2.17. The fourth-order valence-electron chi connectivity index (χ4n) is 3.13. The van der Waals surface area contributed by atoms with Gasteiger partial charge in [0, 0.05) is 16.5 Å². The number of aromatic nitrogens is 2. The molecule has 26 heavy (non-hydrogen) atoms. The minimum absolute atomic E-state index is 0.0836. The van der Waals surface area contributed by atoms with Crippen LogP contribution in [0.25, 0.3) is 33.5 Å². The average Bonchev–Trinajstić information content (AvgIpc) is 2.67. The van der Waals surface area contributed by atoms with E-state index in [1.165, 1.54) is 5.56 Å². The van der Waals surface area contributed by atoms with Gasteiger partial charge >= 0.3 is 0 Å². The normalized spacial score (nSPS) is 11.7. The molecule has 2 heteroatoms. The number of hydrogen-bond donors (Lipinski definition) is 0. The van der Waals surface area contributed by atoms with Crippen LogP contribution in [0.15, 0.2) is 78.9 Å². The summed E-state index contributed by atoms with van der Waals surface area (Å²) in [5.74, 6) is 0.764. The van der Waals surface area contributed by atoms with E-state index < -0.39 is 0 Å². The van der Waals surface area contributed by atoms with E-state index in [1.54, 1.807) is 0 Å². The Labute approximate surface area is 154 Å². The molecule has 0 bridgehead atoms. The third kappa shape index (κ3) is 3.11. The van der Waals surface area contributed by atoms with Crippen molar-refractivity contribution in [2.45, 2.75) is 26.2 Å². The fourth-order valence-corrected chi connectivity index (χ4v) is 3.13. The first-order chi connectivity index (χ1) is 12.5. The first kappa shape index (κ1) is 16.5. The molecule has 0 saturated carbocycles. The molecule has 4 rings (SSSR count). The summed E-state index contributed by atoms with van der Waals surface area (Å²) in [7, 11) is 0. The molecule has 2 nitrogen and oxygen atoms in total. The Kier molecular flexibility index (Phi) is 4.04. The van der Waals surface area contributed by atoms with E-state index in [1.807, 2.05) is 24.3 Å². The van der Waals surface area contributed by atoms with Gasteiger partial charge in [-0.1, -0.05) is 87.5 Å². The maximum atomic E-state index is 4.95. The SMILES string of the molecule is CC(C)(C)c1ccc2nc(-c3ccccc3)nc(-c3ccccc3)c2c1. The summed E-state index contributed by atoms with van der Waals surface area (Å²) in [4.78, 5) is 9.80. The van der Waals surface area contributed by atoms with Crippen LogP contribution in [-0.4, -0.2) is 9.97 Å². The smallest absolute Gasteiger partial charge is 0.160 e. The van der Waals surface area contributed by atoms with Crippen molar-refractivity contribution in [2.24, 2.45) is 0 Å². The molecule has 1 heterocycles. The predicted octanol–water partition coefficient (Wildman–Crippen LogP) is 6.26. The largest absolute Gasteiger partial charge is 0.228 e. The van der Waals surface area contributed by atoms with Crippen LogP contribution in [0, 0.1) is 0 Å². The lowest BCUT2D eigenvalue weighted by Crippen LogP contribution is -2.11. The lowest BCUT2D eigenvalue weighted by molar-refractivity contribution is 0.591. The highest BCUT2D eigenvalue weighted by atomic mass is 14.9. The Balaban J connectivity index is 2.02. The van der Waals surface area contributed by atoms with E-state index in [2.05, 4.69) is 75.4 Å². The van der Waals surface area contributed by atoms with Crippen molar-refractivity contribution in [1.82, 2.24) is 9.97 Å². The molecule has 0 atom stereocenters. The Morgan fingerprint density at radius 1 is 0.654 bits per heavy atom. The third-order valence-corrected chi connectivity index (χ3v) is 4.64. The molecule has 0 radical (unpaired) electrons. The number of benzene rings is 3. The predicted molar refractivity (Wildman–Crippen MR) is 109 cm³/mol. The number of hydrogen-bond acceptors (Lipinski definition) is 2.